The molecule has 0 amide bonds. The molecule has 0 unspecified atom stereocenters. The summed E-state index contributed by atoms with van der Waals surface area (Å²) in [6.07, 6.45) is 7.33. The van der Waals surface area contributed by atoms with E-state index in [1.54, 1.807) is 0 Å². The van der Waals surface area contributed by atoms with Crippen LogP contribution < -0.4 is 0 Å². The van der Waals surface area contributed by atoms with E-state index in [-0.39, 0.29) is 0 Å². The molecule has 0 spiro atoms. The lowest BCUT2D eigenvalue weighted by Gasteiger charge is -2.06. The Morgan fingerprint density at radius 1 is 1.00 bits per heavy atom. The van der Waals surface area contributed by atoms with Gasteiger partial charge in [0.1, 0.15) is 0 Å². The Bertz CT molecular complexity index is 1050. The van der Waals surface area contributed by atoms with E-state index in [0.717, 1.165) is 12.1 Å². The van der Waals surface area contributed by atoms with Crippen LogP contribution in [0.5, 0.6) is 0 Å². The van der Waals surface area contributed by atoms with E-state index in [1.165, 1.54) is 32.8 Å². The fourth-order valence-corrected chi connectivity index (χ4v) is 3.38. The zero-order valence-electron chi connectivity index (χ0n) is 14.0. The molecule has 0 aliphatic rings. The molecule has 0 saturated carbocycles. The topological polar surface area (TPSA) is 17.8 Å². The van der Waals surface area contributed by atoms with E-state index in [2.05, 4.69) is 90.4 Å². The Labute approximate surface area is 142 Å². The zero-order valence-corrected chi connectivity index (χ0v) is 14.0. The maximum Gasteiger partial charge on any atom is 0.0734 e. The Kier molecular flexibility index (Phi) is 3.66. The van der Waals surface area contributed by atoms with Crippen LogP contribution in [-0.2, 0) is 13.5 Å². The SMILES string of the molecule is CC(=CCc1cn(C)c2ccccc12)c1nccc2ccccc12. The number of pyridine rings is 1. The number of hydrogen-bond acceptors (Lipinski definition) is 1. The Balaban J connectivity index is 1.72. The molecule has 0 bridgehead atoms. The maximum atomic E-state index is 4.61. The molecular formula is C22H20N2. The molecule has 2 nitrogen and oxygen atoms in total. The van der Waals surface area contributed by atoms with Crippen molar-refractivity contribution in [1.29, 1.82) is 0 Å². The first-order valence-corrected chi connectivity index (χ1v) is 8.28. The van der Waals surface area contributed by atoms with Gasteiger partial charge >= 0.3 is 0 Å². The Hall–Kier alpha value is -2.87. The van der Waals surface area contributed by atoms with Crippen molar-refractivity contribution in [3.63, 3.8) is 0 Å². The van der Waals surface area contributed by atoms with Crippen LogP contribution in [0.2, 0.25) is 0 Å². The van der Waals surface area contributed by atoms with Crippen LogP contribution in [0, 0.1) is 0 Å². The van der Waals surface area contributed by atoms with Gasteiger partial charge < -0.3 is 4.57 Å². The van der Waals surface area contributed by atoms with Crippen molar-refractivity contribution in [2.24, 2.45) is 7.05 Å². The van der Waals surface area contributed by atoms with Crippen LogP contribution in [0.1, 0.15) is 18.2 Å². The molecule has 118 valence electrons. The van der Waals surface area contributed by atoms with Gasteiger partial charge in [-0.2, -0.15) is 0 Å². The highest BCUT2D eigenvalue weighted by atomic mass is 14.9. The molecule has 0 saturated heterocycles. The second-order valence-corrected chi connectivity index (χ2v) is 6.25. The van der Waals surface area contributed by atoms with Crippen LogP contribution in [0.4, 0.5) is 0 Å². The number of nitrogens with zero attached hydrogens (tertiary/aromatic N) is 2. The van der Waals surface area contributed by atoms with Crippen molar-refractivity contribution in [3.8, 4) is 0 Å². The number of aryl methyl sites for hydroxylation is 1. The molecule has 2 aromatic carbocycles. The molecule has 2 heterocycles. The summed E-state index contributed by atoms with van der Waals surface area (Å²) in [6, 6.07) is 19.1. The monoisotopic (exact) mass is 312 g/mol. The molecule has 0 aliphatic heterocycles. The molecule has 2 aromatic heterocycles. The number of fused-ring (bicyclic) bond motifs is 2. The largest absolute Gasteiger partial charge is 0.350 e. The predicted molar refractivity (Wildman–Crippen MR) is 102 cm³/mol. The molecule has 0 aliphatic carbocycles. The van der Waals surface area contributed by atoms with E-state index in [9.17, 15) is 0 Å². The van der Waals surface area contributed by atoms with Crippen LogP contribution in [0.3, 0.4) is 0 Å². The summed E-state index contributed by atoms with van der Waals surface area (Å²) in [7, 11) is 2.11. The quantitative estimate of drug-likeness (QED) is 0.497. The highest BCUT2D eigenvalue weighted by Gasteiger charge is 2.07. The summed E-state index contributed by atoms with van der Waals surface area (Å²) in [5, 5.41) is 3.78. The van der Waals surface area contributed by atoms with Gasteiger partial charge in [0.05, 0.1) is 5.69 Å². The fraction of sp³-hybridized carbons (Fsp3) is 0.136. The van der Waals surface area contributed by atoms with E-state index < -0.39 is 0 Å². The molecule has 0 N–H and O–H groups in total. The molecule has 4 aromatic rings. The van der Waals surface area contributed by atoms with Gasteiger partial charge in [-0.3, -0.25) is 4.98 Å². The predicted octanol–water partition coefficient (Wildman–Crippen LogP) is 5.37. The van der Waals surface area contributed by atoms with E-state index >= 15 is 0 Å². The van der Waals surface area contributed by atoms with Crippen LogP contribution in [0.15, 0.2) is 73.1 Å². The fourth-order valence-electron chi connectivity index (χ4n) is 3.38. The highest BCUT2D eigenvalue weighted by molar-refractivity contribution is 5.91. The number of hydrogen-bond donors (Lipinski definition) is 0. The summed E-state index contributed by atoms with van der Waals surface area (Å²) in [6.45, 7) is 2.15. The number of benzene rings is 2. The summed E-state index contributed by atoms with van der Waals surface area (Å²) < 4.78 is 2.20. The number of allylic oxidation sites excluding steroid dienone is 2. The maximum absolute atomic E-state index is 4.61. The van der Waals surface area contributed by atoms with Crippen molar-refractivity contribution in [2.75, 3.05) is 0 Å². The van der Waals surface area contributed by atoms with Crippen LogP contribution >= 0.6 is 0 Å². The molecular weight excluding hydrogens is 292 g/mol. The van der Waals surface area contributed by atoms with Gasteiger partial charge in [-0.15, -0.1) is 0 Å². The second kappa shape index (κ2) is 5.97. The van der Waals surface area contributed by atoms with Crippen molar-refractivity contribution in [1.82, 2.24) is 9.55 Å². The normalized spacial score (nSPS) is 12.2. The zero-order chi connectivity index (χ0) is 16.5. The molecule has 24 heavy (non-hydrogen) atoms. The molecule has 0 fully saturated rings. The first-order chi connectivity index (χ1) is 11.7. The third-order valence-electron chi connectivity index (χ3n) is 4.65. The van der Waals surface area contributed by atoms with Gasteiger partial charge in [0, 0.05) is 35.7 Å². The lowest BCUT2D eigenvalue weighted by atomic mass is 10.0. The van der Waals surface area contributed by atoms with Gasteiger partial charge in [0.15, 0.2) is 0 Å². The molecule has 2 heteroatoms. The minimum absolute atomic E-state index is 0.915. The Morgan fingerprint density at radius 3 is 2.62 bits per heavy atom. The summed E-state index contributed by atoms with van der Waals surface area (Å²) >= 11 is 0. The van der Waals surface area contributed by atoms with Gasteiger partial charge in [0.25, 0.3) is 0 Å². The first-order valence-electron chi connectivity index (χ1n) is 8.28. The summed E-state index contributed by atoms with van der Waals surface area (Å²) in [5.74, 6) is 0. The average Bonchev–Trinajstić information content (AvgIpc) is 2.95. The third-order valence-corrected chi connectivity index (χ3v) is 4.65. The van der Waals surface area contributed by atoms with Gasteiger partial charge in [-0.1, -0.05) is 48.5 Å². The Morgan fingerprint density at radius 2 is 1.75 bits per heavy atom. The lowest BCUT2D eigenvalue weighted by molar-refractivity contribution is 0.960. The number of rotatable bonds is 3. The average molecular weight is 312 g/mol. The van der Waals surface area contributed by atoms with Crippen molar-refractivity contribution < 1.29 is 0 Å². The summed E-state index contributed by atoms with van der Waals surface area (Å²) in [4.78, 5) is 4.61. The molecule has 0 radical (unpaired) electrons. The standard InChI is InChI=1S/C22H20N2/c1-16(22-20-9-4-3-7-17(20)13-14-23-22)11-12-18-15-24(2)21-10-6-5-8-19(18)21/h3-11,13-15H,12H2,1-2H3. The second-order valence-electron chi connectivity index (χ2n) is 6.25. The van der Waals surface area contributed by atoms with Crippen LogP contribution in [-0.4, -0.2) is 9.55 Å². The molecule has 0 atom stereocenters. The van der Waals surface area contributed by atoms with E-state index in [1.807, 2.05) is 6.20 Å². The van der Waals surface area contributed by atoms with Crippen molar-refractivity contribution in [2.45, 2.75) is 13.3 Å². The first kappa shape index (κ1) is 14.7. The van der Waals surface area contributed by atoms with Gasteiger partial charge in [-0.05, 0) is 42.0 Å². The van der Waals surface area contributed by atoms with Crippen molar-refractivity contribution >= 4 is 27.2 Å². The smallest absolute Gasteiger partial charge is 0.0734 e. The van der Waals surface area contributed by atoms with Gasteiger partial charge in [0.2, 0.25) is 0 Å². The van der Waals surface area contributed by atoms with Crippen molar-refractivity contribution in [3.05, 3.63) is 84.3 Å². The minimum atomic E-state index is 0.915. The highest BCUT2D eigenvalue weighted by Crippen LogP contribution is 2.25. The summed E-state index contributed by atoms with van der Waals surface area (Å²) in [5.41, 5.74) is 4.93. The number of para-hydroxylation sites is 1. The van der Waals surface area contributed by atoms with E-state index in [4.69, 9.17) is 0 Å². The van der Waals surface area contributed by atoms with E-state index in [0.29, 0.717) is 0 Å². The minimum Gasteiger partial charge on any atom is -0.350 e. The lowest BCUT2D eigenvalue weighted by Crippen LogP contribution is -1.89. The van der Waals surface area contributed by atoms with Crippen LogP contribution in [0.25, 0.3) is 27.2 Å². The van der Waals surface area contributed by atoms with Gasteiger partial charge in [-0.25, -0.2) is 0 Å². The number of aromatic nitrogens is 2. The molecule has 4 rings (SSSR count). The third kappa shape index (κ3) is 2.50.